The molecular formula is C31H36BrN3O6S. The van der Waals surface area contributed by atoms with E-state index >= 15 is 0 Å². The van der Waals surface area contributed by atoms with E-state index in [9.17, 15) is 13.2 Å². The van der Waals surface area contributed by atoms with Gasteiger partial charge in [0.15, 0.2) is 21.5 Å². The highest BCUT2D eigenvalue weighted by Gasteiger charge is 2.53. The number of benzene rings is 3. The van der Waals surface area contributed by atoms with E-state index in [1.807, 2.05) is 31.2 Å². The molecule has 0 unspecified atom stereocenters. The van der Waals surface area contributed by atoms with Crippen LogP contribution < -0.4 is 15.6 Å². The Hall–Kier alpha value is -3.25. The van der Waals surface area contributed by atoms with E-state index in [1.54, 1.807) is 54.6 Å². The number of nitrogens with one attached hydrogen (secondary N) is 2. The second-order valence-electron chi connectivity index (χ2n) is 9.96. The lowest BCUT2D eigenvalue weighted by Crippen LogP contribution is -2.53. The van der Waals surface area contributed by atoms with Gasteiger partial charge in [-0.05, 0) is 60.5 Å². The van der Waals surface area contributed by atoms with Crippen molar-refractivity contribution in [3.63, 3.8) is 0 Å². The maximum Gasteiger partial charge on any atom is 0.266 e. The number of carbonyl (C=O) groups excluding carboxylic acids is 1. The summed E-state index contributed by atoms with van der Waals surface area (Å²) in [5.41, 5.74) is 5.46. The molecule has 1 heterocycles. The average Bonchev–Trinajstić information content (AvgIpc) is 3.40. The van der Waals surface area contributed by atoms with E-state index in [2.05, 4.69) is 26.8 Å². The topological polar surface area (TPSA) is 126 Å². The number of nitrogens with zero attached hydrogens (tertiary/aromatic N) is 1. The highest BCUT2D eigenvalue weighted by Crippen LogP contribution is 2.43. The van der Waals surface area contributed by atoms with Crippen molar-refractivity contribution in [2.45, 2.75) is 49.1 Å². The zero-order chi connectivity index (χ0) is 30.0. The number of amides is 1. The zero-order valence-corrected chi connectivity index (χ0v) is 25.9. The molecule has 0 bridgehead atoms. The predicted molar refractivity (Wildman–Crippen MR) is 165 cm³/mol. The maximum absolute atomic E-state index is 14.0. The van der Waals surface area contributed by atoms with E-state index in [1.165, 1.54) is 0 Å². The number of rotatable bonds is 15. The molecule has 4 rings (SSSR count). The number of hydrazine groups is 1. The van der Waals surface area contributed by atoms with Crippen LogP contribution in [0.4, 0.5) is 0 Å². The molecule has 0 aromatic heterocycles. The number of hydrogen-bond donors (Lipinski definition) is 3. The number of sulfone groups is 1. The first-order chi connectivity index (χ1) is 20.3. The number of aliphatic imine (C=N–C) groups is 1. The molecule has 0 saturated carbocycles. The van der Waals surface area contributed by atoms with Crippen LogP contribution in [-0.4, -0.2) is 56.4 Å². The second-order valence-corrected chi connectivity index (χ2v) is 13.0. The molecule has 3 aromatic rings. The van der Waals surface area contributed by atoms with Gasteiger partial charge in [-0.15, -0.1) is 0 Å². The Bertz CT molecular complexity index is 1450. The summed E-state index contributed by atoms with van der Waals surface area (Å²) in [7, 11) is -3.73. The van der Waals surface area contributed by atoms with Crippen molar-refractivity contribution >= 4 is 37.6 Å². The van der Waals surface area contributed by atoms with Crippen molar-refractivity contribution < 1.29 is 27.8 Å². The summed E-state index contributed by atoms with van der Waals surface area (Å²) in [4.78, 5) is 19.1. The molecular weight excluding hydrogens is 622 g/mol. The van der Waals surface area contributed by atoms with Crippen molar-refractivity contribution in [2.75, 3.05) is 25.5 Å². The van der Waals surface area contributed by atoms with Crippen LogP contribution >= 0.6 is 15.9 Å². The molecule has 0 saturated heterocycles. The summed E-state index contributed by atoms with van der Waals surface area (Å²) >= 11 is 3.46. The fourth-order valence-corrected chi connectivity index (χ4v) is 6.21. The Balaban J connectivity index is 1.73. The Labute approximate surface area is 255 Å². The van der Waals surface area contributed by atoms with Gasteiger partial charge in [-0.2, -0.15) is 0 Å². The average molecular weight is 659 g/mol. The lowest BCUT2D eigenvalue weighted by atomic mass is 9.85. The molecule has 0 fully saturated rings. The number of ether oxygens (including phenoxy) is 2. The molecule has 11 heteroatoms. The largest absolute Gasteiger partial charge is 0.494 e. The number of unbranched alkanes of at least 4 members (excludes halogenated alkanes) is 1. The van der Waals surface area contributed by atoms with Crippen molar-refractivity contribution in [3.05, 3.63) is 94.5 Å². The molecule has 1 aliphatic rings. The van der Waals surface area contributed by atoms with Gasteiger partial charge in [0.25, 0.3) is 5.91 Å². The molecule has 3 N–H and O–H groups in total. The van der Waals surface area contributed by atoms with Gasteiger partial charge < -0.3 is 14.6 Å². The van der Waals surface area contributed by atoms with Gasteiger partial charge in [0.2, 0.25) is 5.90 Å². The third-order valence-corrected chi connectivity index (χ3v) is 9.17. The van der Waals surface area contributed by atoms with E-state index < -0.39 is 27.4 Å². The molecule has 224 valence electrons. The summed E-state index contributed by atoms with van der Waals surface area (Å²) in [6, 6.07) is 22.6. The Morgan fingerprint density at radius 3 is 2.43 bits per heavy atom. The van der Waals surface area contributed by atoms with Crippen LogP contribution in [0.3, 0.4) is 0 Å². The van der Waals surface area contributed by atoms with Gasteiger partial charge >= 0.3 is 0 Å². The predicted octanol–water partition coefficient (Wildman–Crippen LogP) is 4.75. The molecule has 9 nitrogen and oxygen atoms in total. The van der Waals surface area contributed by atoms with E-state index in [0.29, 0.717) is 36.4 Å². The third kappa shape index (κ3) is 7.77. The molecule has 2 atom stereocenters. The maximum atomic E-state index is 14.0. The van der Waals surface area contributed by atoms with Crippen molar-refractivity contribution in [3.8, 4) is 5.75 Å². The van der Waals surface area contributed by atoms with Crippen molar-refractivity contribution in [1.29, 1.82) is 0 Å². The van der Waals surface area contributed by atoms with Crippen LogP contribution in [0.1, 0.15) is 49.8 Å². The van der Waals surface area contributed by atoms with Crippen LogP contribution in [0.5, 0.6) is 5.75 Å². The number of aliphatic hydroxyl groups is 1. The van der Waals surface area contributed by atoms with Crippen LogP contribution in [0.25, 0.3) is 0 Å². The SMILES string of the molecule is CCCCNNC(=O)[C@@]1(CCS(=O)(=O)c2ccccc2)N=C(c2ccc(OCCCO)cc2)O[C@H]1c1ccc(Br)cc1. The standard InChI is InChI=1S/C31H36BrN3O6S/c1-2-3-19-33-35-30(37)31(18-22-42(38,39)27-8-5-4-6-9-27)28(23-10-14-25(32)15-11-23)41-29(34-31)24-12-16-26(17-13-24)40-21-7-20-36/h4-6,8-17,28,33,36H,2-3,7,18-22H2,1H3,(H,35,37)/t28-,31-/m0/s1. The first kappa shape index (κ1) is 31.7. The Morgan fingerprint density at radius 2 is 1.76 bits per heavy atom. The van der Waals surface area contributed by atoms with Gasteiger partial charge in [0.05, 0.1) is 17.3 Å². The number of hydrogen-bond acceptors (Lipinski definition) is 8. The van der Waals surface area contributed by atoms with Gasteiger partial charge in [-0.3, -0.25) is 10.2 Å². The van der Waals surface area contributed by atoms with Crippen molar-refractivity contribution in [1.82, 2.24) is 10.9 Å². The first-order valence-corrected chi connectivity index (χ1v) is 16.4. The normalized spacial score (nSPS) is 18.3. The number of halogens is 1. The fourth-order valence-electron chi connectivity index (χ4n) is 4.56. The van der Waals surface area contributed by atoms with E-state index in [4.69, 9.17) is 19.6 Å². The zero-order valence-electron chi connectivity index (χ0n) is 23.5. The molecule has 3 aromatic carbocycles. The Kier molecular flexibility index (Phi) is 11.1. The Morgan fingerprint density at radius 1 is 1.05 bits per heavy atom. The number of carbonyl (C=O) groups is 1. The van der Waals surface area contributed by atoms with E-state index in [0.717, 1.165) is 17.3 Å². The lowest BCUT2D eigenvalue weighted by molar-refractivity contribution is -0.130. The monoisotopic (exact) mass is 657 g/mol. The smallest absolute Gasteiger partial charge is 0.266 e. The van der Waals surface area contributed by atoms with E-state index in [-0.39, 0.29) is 29.6 Å². The lowest BCUT2D eigenvalue weighted by Gasteiger charge is -2.30. The van der Waals surface area contributed by atoms with Gasteiger partial charge in [0, 0.05) is 36.0 Å². The summed E-state index contributed by atoms with van der Waals surface area (Å²) < 4.78 is 39.7. The molecule has 0 radical (unpaired) electrons. The third-order valence-electron chi connectivity index (χ3n) is 6.91. The van der Waals surface area contributed by atoms with Crippen LogP contribution in [0.2, 0.25) is 0 Å². The van der Waals surface area contributed by atoms with Crippen LogP contribution in [0, 0.1) is 0 Å². The molecule has 0 spiro atoms. The quantitative estimate of drug-likeness (QED) is 0.159. The summed E-state index contributed by atoms with van der Waals surface area (Å²) in [5, 5.41) is 9.01. The van der Waals surface area contributed by atoms with Gasteiger partial charge in [0.1, 0.15) is 5.75 Å². The summed E-state index contributed by atoms with van der Waals surface area (Å²) in [5.74, 6) is 0.0530. The summed E-state index contributed by atoms with van der Waals surface area (Å²) in [6.07, 6.45) is 1.31. The highest BCUT2D eigenvalue weighted by atomic mass is 79.9. The molecule has 0 aliphatic carbocycles. The van der Waals surface area contributed by atoms with Gasteiger partial charge in [-0.1, -0.05) is 59.6 Å². The fraction of sp³-hybridized carbons (Fsp3) is 0.355. The molecule has 1 amide bonds. The second kappa shape index (κ2) is 14.8. The minimum Gasteiger partial charge on any atom is -0.494 e. The molecule has 1 aliphatic heterocycles. The first-order valence-electron chi connectivity index (χ1n) is 14.0. The van der Waals surface area contributed by atoms with Crippen LogP contribution in [-0.2, 0) is 19.4 Å². The highest BCUT2D eigenvalue weighted by molar-refractivity contribution is 9.10. The molecule has 42 heavy (non-hydrogen) atoms. The summed E-state index contributed by atoms with van der Waals surface area (Å²) in [6.45, 7) is 3.02. The van der Waals surface area contributed by atoms with Gasteiger partial charge in [-0.25, -0.2) is 18.8 Å². The number of aliphatic hydroxyl groups excluding tert-OH is 1. The minimum absolute atomic E-state index is 0.0393. The minimum atomic E-state index is -3.73. The van der Waals surface area contributed by atoms with Crippen molar-refractivity contribution in [2.24, 2.45) is 4.99 Å². The van der Waals surface area contributed by atoms with Crippen LogP contribution in [0.15, 0.2) is 93.2 Å².